The second-order valence-corrected chi connectivity index (χ2v) is 7.27. The number of aromatic amines is 1. The minimum absolute atomic E-state index is 0.0342. The van der Waals surface area contributed by atoms with Gasteiger partial charge in [-0.1, -0.05) is 6.07 Å². The maximum absolute atomic E-state index is 13.9. The van der Waals surface area contributed by atoms with Crippen molar-refractivity contribution in [1.82, 2.24) is 20.0 Å². The zero-order chi connectivity index (χ0) is 16.2. The molecule has 120 valence electrons. The summed E-state index contributed by atoms with van der Waals surface area (Å²) in [6.07, 6.45) is 2.05. The number of sulfonamides is 1. The number of nitrogens with zero attached hydrogens (tertiary/aromatic N) is 3. The summed E-state index contributed by atoms with van der Waals surface area (Å²) < 4.78 is 42.8. The number of aromatic nitrogens is 4. The highest BCUT2D eigenvalue weighted by Gasteiger charge is 2.30. The van der Waals surface area contributed by atoms with Gasteiger partial charge in [-0.05, 0) is 25.0 Å². The Labute approximate surface area is 131 Å². The topological polar surface area (TPSA) is 92.7 Å². The van der Waals surface area contributed by atoms with Crippen LogP contribution < -0.4 is 4.72 Å². The molecule has 1 aliphatic rings. The van der Waals surface area contributed by atoms with Gasteiger partial charge < -0.3 is 0 Å². The largest absolute Gasteiger partial charge is 0.280 e. The van der Waals surface area contributed by atoms with E-state index in [0.717, 1.165) is 18.5 Å². The minimum atomic E-state index is -3.91. The van der Waals surface area contributed by atoms with Gasteiger partial charge in [-0.15, -0.1) is 0 Å². The summed E-state index contributed by atoms with van der Waals surface area (Å²) in [7, 11) is -2.33. The van der Waals surface area contributed by atoms with Gasteiger partial charge in [0.1, 0.15) is 5.82 Å². The number of anilines is 1. The third-order valence-corrected chi connectivity index (χ3v) is 5.29. The smallest absolute Gasteiger partial charge is 0.276 e. The normalized spacial score (nSPS) is 15.2. The van der Waals surface area contributed by atoms with Crippen LogP contribution in [0.15, 0.2) is 29.3 Å². The molecule has 0 unspecified atom stereocenters. The van der Waals surface area contributed by atoms with Crippen molar-refractivity contribution in [2.75, 3.05) is 4.72 Å². The molecule has 1 aliphatic carbocycles. The monoisotopic (exact) mass is 335 g/mol. The molecule has 1 aromatic carbocycles. The van der Waals surface area contributed by atoms with Crippen LogP contribution in [0.3, 0.4) is 0 Å². The van der Waals surface area contributed by atoms with Crippen LogP contribution in [0.1, 0.15) is 24.5 Å². The maximum atomic E-state index is 13.9. The second kappa shape index (κ2) is 4.79. The van der Waals surface area contributed by atoms with E-state index in [9.17, 15) is 12.8 Å². The van der Waals surface area contributed by atoms with Crippen molar-refractivity contribution >= 4 is 26.7 Å². The van der Waals surface area contributed by atoms with Gasteiger partial charge in [-0.2, -0.15) is 18.6 Å². The molecule has 2 aromatic heterocycles. The summed E-state index contributed by atoms with van der Waals surface area (Å²) in [5.74, 6) is -0.265. The molecule has 7 nitrogen and oxygen atoms in total. The standard InChI is InChI=1S/C14H14FN5O2S/c1-20-12(7-11(18-20)8-5-6-8)23(21,22)19-14-13-9(15)3-2-4-10(13)16-17-14/h2-4,7-8H,5-6H2,1H3,(H2,16,17,19). The number of nitrogens with one attached hydrogen (secondary N) is 2. The van der Waals surface area contributed by atoms with E-state index >= 15 is 0 Å². The van der Waals surface area contributed by atoms with Crippen LogP contribution in [-0.2, 0) is 17.1 Å². The van der Waals surface area contributed by atoms with Crippen LogP contribution >= 0.6 is 0 Å². The molecule has 1 saturated carbocycles. The summed E-state index contributed by atoms with van der Waals surface area (Å²) >= 11 is 0. The highest BCUT2D eigenvalue weighted by atomic mass is 32.2. The molecule has 9 heteroatoms. The molecule has 0 bridgehead atoms. The average Bonchev–Trinajstić information content (AvgIpc) is 3.15. The van der Waals surface area contributed by atoms with Crippen LogP contribution in [0.4, 0.5) is 10.2 Å². The molecular formula is C14H14FN5O2S. The number of aryl methyl sites for hydroxylation is 1. The molecule has 1 fully saturated rings. The average molecular weight is 335 g/mol. The van der Waals surface area contributed by atoms with Crippen molar-refractivity contribution in [3.05, 3.63) is 35.8 Å². The number of hydrogen-bond donors (Lipinski definition) is 2. The van der Waals surface area contributed by atoms with Gasteiger partial charge >= 0.3 is 0 Å². The van der Waals surface area contributed by atoms with Crippen LogP contribution in [0.2, 0.25) is 0 Å². The summed E-state index contributed by atoms with van der Waals surface area (Å²) in [6, 6.07) is 5.96. The zero-order valence-corrected chi connectivity index (χ0v) is 13.1. The Morgan fingerprint density at radius 1 is 1.39 bits per heavy atom. The fourth-order valence-electron chi connectivity index (χ4n) is 2.58. The summed E-state index contributed by atoms with van der Waals surface area (Å²) in [5, 5.41) is 10.9. The zero-order valence-electron chi connectivity index (χ0n) is 12.2. The third-order valence-electron chi connectivity index (χ3n) is 3.90. The molecule has 4 rings (SSSR count). The Hall–Kier alpha value is -2.42. The Balaban J connectivity index is 1.74. The third kappa shape index (κ3) is 2.37. The molecule has 0 amide bonds. The van der Waals surface area contributed by atoms with E-state index in [-0.39, 0.29) is 16.2 Å². The number of halogens is 1. The number of hydrogen-bond acceptors (Lipinski definition) is 4. The Kier molecular flexibility index (Phi) is 2.95. The highest BCUT2D eigenvalue weighted by molar-refractivity contribution is 7.92. The lowest BCUT2D eigenvalue weighted by atomic mass is 10.2. The van der Waals surface area contributed by atoms with Gasteiger partial charge in [0.15, 0.2) is 10.8 Å². The van der Waals surface area contributed by atoms with E-state index in [1.165, 1.54) is 16.8 Å². The number of H-pyrrole nitrogens is 1. The van der Waals surface area contributed by atoms with Crippen molar-refractivity contribution in [1.29, 1.82) is 0 Å². The van der Waals surface area contributed by atoms with E-state index in [1.807, 2.05) is 0 Å². The Bertz CT molecular complexity index is 1000. The molecular weight excluding hydrogens is 321 g/mol. The lowest BCUT2D eigenvalue weighted by Crippen LogP contribution is -2.17. The van der Waals surface area contributed by atoms with Crippen LogP contribution in [-0.4, -0.2) is 28.4 Å². The van der Waals surface area contributed by atoms with Gasteiger partial charge in [0.05, 0.1) is 16.6 Å². The van der Waals surface area contributed by atoms with Gasteiger partial charge in [0.25, 0.3) is 10.0 Å². The molecule has 3 aromatic rings. The van der Waals surface area contributed by atoms with Crippen molar-refractivity contribution in [2.24, 2.45) is 7.05 Å². The lowest BCUT2D eigenvalue weighted by Gasteiger charge is -2.05. The van der Waals surface area contributed by atoms with Crippen LogP contribution in [0, 0.1) is 5.82 Å². The predicted octanol–water partition coefficient (Wildman–Crippen LogP) is 2.11. The van der Waals surface area contributed by atoms with Gasteiger partial charge in [0, 0.05) is 19.0 Å². The van der Waals surface area contributed by atoms with Gasteiger partial charge in [-0.25, -0.2) is 4.39 Å². The fourth-order valence-corrected chi connectivity index (χ4v) is 3.76. The first-order valence-corrected chi connectivity index (χ1v) is 8.63. The van der Waals surface area contributed by atoms with Crippen LogP contribution in [0.5, 0.6) is 0 Å². The number of benzene rings is 1. The lowest BCUT2D eigenvalue weighted by molar-refractivity contribution is 0.581. The van der Waals surface area contributed by atoms with E-state index in [2.05, 4.69) is 20.0 Å². The molecule has 0 atom stereocenters. The summed E-state index contributed by atoms with van der Waals surface area (Å²) in [5.41, 5.74) is 1.19. The highest BCUT2D eigenvalue weighted by Crippen LogP contribution is 2.39. The van der Waals surface area contributed by atoms with Gasteiger partial charge in [0.2, 0.25) is 0 Å². The minimum Gasteiger partial charge on any atom is -0.276 e. The van der Waals surface area contributed by atoms with Gasteiger partial charge in [-0.3, -0.25) is 14.5 Å². The fraction of sp³-hybridized carbons (Fsp3) is 0.286. The Morgan fingerprint density at radius 2 is 2.17 bits per heavy atom. The summed E-state index contributed by atoms with van der Waals surface area (Å²) in [6.45, 7) is 0. The second-order valence-electron chi connectivity index (χ2n) is 5.65. The number of rotatable bonds is 4. The first kappa shape index (κ1) is 14.2. The first-order chi connectivity index (χ1) is 11.0. The van der Waals surface area contributed by atoms with Crippen molar-refractivity contribution < 1.29 is 12.8 Å². The molecule has 0 saturated heterocycles. The molecule has 0 aliphatic heterocycles. The predicted molar refractivity (Wildman–Crippen MR) is 82.0 cm³/mol. The molecule has 2 heterocycles. The van der Waals surface area contributed by atoms with Crippen molar-refractivity contribution in [2.45, 2.75) is 23.8 Å². The molecule has 0 spiro atoms. The number of fused-ring (bicyclic) bond motifs is 1. The molecule has 0 radical (unpaired) electrons. The SMILES string of the molecule is Cn1nc(C2CC2)cc1S(=O)(=O)Nc1n[nH]c2cccc(F)c12. The van der Waals surface area contributed by atoms with Crippen molar-refractivity contribution in [3.63, 3.8) is 0 Å². The van der Waals surface area contributed by atoms with Crippen LogP contribution in [0.25, 0.3) is 10.9 Å². The van der Waals surface area contributed by atoms with E-state index in [0.29, 0.717) is 11.4 Å². The molecule has 2 N–H and O–H groups in total. The maximum Gasteiger partial charge on any atom is 0.280 e. The van der Waals surface area contributed by atoms with E-state index in [4.69, 9.17) is 0 Å². The summed E-state index contributed by atoms with van der Waals surface area (Å²) in [4.78, 5) is 0. The molecule has 23 heavy (non-hydrogen) atoms. The first-order valence-electron chi connectivity index (χ1n) is 7.15. The van der Waals surface area contributed by atoms with Crippen molar-refractivity contribution in [3.8, 4) is 0 Å². The quantitative estimate of drug-likeness (QED) is 0.764. The van der Waals surface area contributed by atoms with E-state index < -0.39 is 15.8 Å². The van der Waals surface area contributed by atoms with E-state index in [1.54, 1.807) is 19.2 Å². The Morgan fingerprint density at radius 3 is 2.91 bits per heavy atom.